The first-order valence-electron chi connectivity index (χ1n) is 9.01. The van der Waals surface area contributed by atoms with Crippen LogP contribution in [0.15, 0.2) is 60.7 Å². The molecule has 0 amide bonds. The van der Waals surface area contributed by atoms with Crippen molar-refractivity contribution in [2.75, 3.05) is 0 Å². The molecule has 4 rings (SSSR count). The van der Waals surface area contributed by atoms with E-state index in [-0.39, 0.29) is 11.4 Å². The highest BCUT2D eigenvalue weighted by Crippen LogP contribution is 2.33. The van der Waals surface area contributed by atoms with Crippen LogP contribution in [-0.4, -0.2) is 20.6 Å². The van der Waals surface area contributed by atoms with Gasteiger partial charge in [0.2, 0.25) is 0 Å². The Balaban J connectivity index is 1.83. The number of benzene rings is 3. The number of hydrogen-bond donors (Lipinski definition) is 1. The zero-order valence-electron chi connectivity index (χ0n) is 16.0. The molecule has 1 N–H and O–H groups in total. The summed E-state index contributed by atoms with van der Waals surface area (Å²) in [4.78, 5) is 22.7. The molecular formula is C22H14Cl2N2O5. The van der Waals surface area contributed by atoms with Gasteiger partial charge in [0.15, 0.2) is 0 Å². The topological polar surface area (TPSA) is 94.6 Å². The summed E-state index contributed by atoms with van der Waals surface area (Å²) in [7, 11) is 0. The number of nitro benzene ring substituents is 1. The molecule has 1 aromatic heterocycles. The highest BCUT2D eigenvalue weighted by molar-refractivity contribution is 6.34. The average Bonchev–Trinajstić information content (AvgIpc) is 3.06. The van der Waals surface area contributed by atoms with Gasteiger partial charge < -0.3 is 14.4 Å². The number of carbonyl (C=O) groups is 1. The summed E-state index contributed by atoms with van der Waals surface area (Å²) in [5.41, 5.74) is 1.30. The highest BCUT2D eigenvalue weighted by Gasteiger charge is 2.19. The van der Waals surface area contributed by atoms with Gasteiger partial charge in [-0.05, 0) is 55.5 Å². The molecule has 31 heavy (non-hydrogen) atoms. The SMILES string of the molecule is Cc1ccc(-n2c(C(=O)O)cc3cc(Oc4cc(Cl)cc(Cl)c4)ccc32)cc1[N+](=O)[O-]. The van der Waals surface area contributed by atoms with Gasteiger partial charge in [0.1, 0.15) is 17.2 Å². The van der Waals surface area contributed by atoms with Crippen LogP contribution in [0.4, 0.5) is 5.69 Å². The Morgan fingerprint density at radius 2 is 1.71 bits per heavy atom. The summed E-state index contributed by atoms with van der Waals surface area (Å²) in [6.07, 6.45) is 0. The second-order valence-corrected chi connectivity index (χ2v) is 7.70. The first-order chi connectivity index (χ1) is 14.7. The van der Waals surface area contributed by atoms with Crippen molar-refractivity contribution in [2.24, 2.45) is 0 Å². The second kappa shape index (κ2) is 7.94. The van der Waals surface area contributed by atoms with Gasteiger partial charge in [-0.2, -0.15) is 0 Å². The number of aromatic carboxylic acids is 1. The number of hydrogen-bond acceptors (Lipinski definition) is 4. The van der Waals surface area contributed by atoms with Crippen molar-refractivity contribution in [3.8, 4) is 17.2 Å². The average molecular weight is 457 g/mol. The van der Waals surface area contributed by atoms with Crippen LogP contribution in [0.1, 0.15) is 16.1 Å². The lowest BCUT2D eigenvalue weighted by molar-refractivity contribution is -0.385. The molecule has 7 nitrogen and oxygen atoms in total. The molecule has 0 aliphatic rings. The van der Waals surface area contributed by atoms with Gasteiger partial charge in [-0.1, -0.05) is 29.3 Å². The molecule has 9 heteroatoms. The third-order valence-electron chi connectivity index (χ3n) is 4.71. The van der Waals surface area contributed by atoms with E-state index < -0.39 is 10.9 Å². The van der Waals surface area contributed by atoms with Crippen LogP contribution in [0.25, 0.3) is 16.6 Å². The standard InChI is InChI=1S/C22H14Cl2N2O5/c1-12-2-3-16(11-20(12)26(29)30)25-19-5-4-17(6-13(19)7-21(25)22(27)28)31-18-9-14(23)8-15(24)10-18/h2-11H,1H3,(H,27,28). The Kier molecular flexibility index (Phi) is 5.31. The predicted octanol–water partition coefficient (Wildman–Crippen LogP) is 6.64. The molecular weight excluding hydrogens is 443 g/mol. The van der Waals surface area contributed by atoms with Crippen molar-refractivity contribution in [2.45, 2.75) is 6.92 Å². The van der Waals surface area contributed by atoms with Gasteiger partial charge in [0.05, 0.1) is 16.1 Å². The lowest BCUT2D eigenvalue weighted by atomic mass is 10.1. The Morgan fingerprint density at radius 3 is 2.35 bits per heavy atom. The van der Waals surface area contributed by atoms with Crippen molar-refractivity contribution in [3.05, 3.63) is 92.1 Å². The molecule has 156 valence electrons. The molecule has 0 spiro atoms. The molecule has 0 atom stereocenters. The van der Waals surface area contributed by atoms with E-state index in [0.29, 0.717) is 43.7 Å². The van der Waals surface area contributed by atoms with E-state index in [0.717, 1.165) is 0 Å². The van der Waals surface area contributed by atoms with Crippen molar-refractivity contribution < 1.29 is 19.6 Å². The van der Waals surface area contributed by atoms with Crippen molar-refractivity contribution in [1.82, 2.24) is 4.57 Å². The number of nitro groups is 1. The number of rotatable bonds is 5. The van der Waals surface area contributed by atoms with E-state index in [9.17, 15) is 20.0 Å². The van der Waals surface area contributed by atoms with Crippen LogP contribution in [0, 0.1) is 17.0 Å². The van der Waals surface area contributed by atoms with Crippen LogP contribution >= 0.6 is 23.2 Å². The number of ether oxygens (including phenoxy) is 1. The van der Waals surface area contributed by atoms with Gasteiger partial charge in [0, 0.05) is 27.1 Å². The van der Waals surface area contributed by atoms with Crippen molar-refractivity contribution >= 4 is 45.8 Å². The Labute approximate surface area is 186 Å². The van der Waals surface area contributed by atoms with Crippen molar-refractivity contribution in [1.29, 1.82) is 0 Å². The summed E-state index contributed by atoms with van der Waals surface area (Å²) in [5, 5.41) is 22.5. The van der Waals surface area contributed by atoms with Crippen LogP contribution in [-0.2, 0) is 0 Å². The number of carboxylic acid groups (broad SMARTS) is 1. The molecule has 0 unspecified atom stereocenters. The summed E-state index contributed by atoms with van der Waals surface area (Å²) in [5.74, 6) is -0.276. The summed E-state index contributed by atoms with van der Waals surface area (Å²) < 4.78 is 7.28. The van der Waals surface area contributed by atoms with E-state index in [2.05, 4.69) is 0 Å². The monoisotopic (exact) mass is 456 g/mol. The molecule has 0 bridgehead atoms. The fourth-order valence-corrected chi connectivity index (χ4v) is 3.86. The van der Waals surface area contributed by atoms with E-state index in [1.807, 2.05) is 0 Å². The molecule has 3 aromatic carbocycles. The fourth-order valence-electron chi connectivity index (χ4n) is 3.35. The molecule has 4 aromatic rings. The smallest absolute Gasteiger partial charge is 0.352 e. The number of aryl methyl sites for hydroxylation is 1. The molecule has 0 aliphatic carbocycles. The third-order valence-corrected chi connectivity index (χ3v) is 5.15. The van der Waals surface area contributed by atoms with Crippen LogP contribution < -0.4 is 4.74 Å². The zero-order chi connectivity index (χ0) is 22.3. The normalized spacial score (nSPS) is 10.9. The molecule has 0 radical (unpaired) electrons. The number of fused-ring (bicyclic) bond motifs is 1. The van der Waals surface area contributed by atoms with E-state index >= 15 is 0 Å². The van der Waals surface area contributed by atoms with Crippen LogP contribution in [0.2, 0.25) is 10.0 Å². The molecule has 0 fully saturated rings. The summed E-state index contributed by atoms with van der Waals surface area (Å²) in [6, 6.07) is 15.9. The van der Waals surface area contributed by atoms with Gasteiger partial charge in [-0.3, -0.25) is 10.1 Å². The van der Waals surface area contributed by atoms with Crippen LogP contribution in [0.3, 0.4) is 0 Å². The van der Waals surface area contributed by atoms with Crippen molar-refractivity contribution in [3.63, 3.8) is 0 Å². The molecule has 0 saturated heterocycles. The first kappa shape index (κ1) is 20.7. The third kappa shape index (κ3) is 4.05. The minimum absolute atomic E-state index is 0.0314. The molecule has 0 saturated carbocycles. The van der Waals surface area contributed by atoms with E-state index in [1.165, 1.54) is 16.7 Å². The Bertz CT molecular complexity index is 1340. The first-order valence-corrected chi connectivity index (χ1v) is 9.76. The Morgan fingerprint density at radius 1 is 1.00 bits per heavy atom. The maximum atomic E-state index is 11.9. The largest absolute Gasteiger partial charge is 0.477 e. The minimum Gasteiger partial charge on any atom is -0.477 e. The number of carboxylic acids is 1. The summed E-state index contributed by atoms with van der Waals surface area (Å²) in [6.45, 7) is 1.62. The lowest BCUT2D eigenvalue weighted by Gasteiger charge is -2.10. The van der Waals surface area contributed by atoms with Gasteiger partial charge in [0.25, 0.3) is 5.69 Å². The highest BCUT2D eigenvalue weighted by atomic mass is 35.5. The second-order valence-electron chi connectivity index (χ2n) is 6.83. The van der Waals surface area contributed by atoms with Gasteiger partial charge in [-0.25, -0.2) is 4.79 Å². The number of nitrogens with zero attached hydrogens (tertiary/aromatic N) is 2. The van der Waals surface area contributed by atoms with E-state index in [1.54, 1.807) is 55.5 Å². The maximum Gasteiger partial charge on any atom is 0.352 e. The molecule has 1 heterocycles. The van der Waals surface area contributed by atoms with Gasteiger partial charge >= 0.3 is 5.97 Å². The number of aromatic nitrogens is 1. The van der Waals surface area contributed by atoms with Crippen LogP contribution in [0.5, 0.6) is 11.5 Å². The van der Waals surface area contributed by atoms with E-state index in [4.69, 9.17) is 27.9 Å². The lowest BCUT2D eigenvalue weighted by Crippen LogP contribution is -2.07. The quantitative estimate of drug-likeness (QED) is 0.268. The van der Waals surface area contributed by atoms with Gasteiger partial charge in [-0.15, -0.1) is 0 Å². The fraction of sp³-hybridized carbons (Fsp3) is 0.0455. The minimum atomic E-state index is -1.16. The predicted molar refractivity (Wildman–Crippen MR) is 118 cm³/mol. The molecule has 0 aliphatic heterocycles. The maximum absolute atomic E-state index is 11.9. The Hall–Kier alpha value is -3.55. The summed E-state index contributed by atoms with van der Waals surface area (Å²) >= 11 is 12.0. The zero-order valence-corrected chi connectivity index (χ0v) is 17.5. The number of halogens is 2.